The number of rotatable bonds is 6. The van der Waals surface area contributed by atoms with Gasteiger partial charge in [-0.2, -0.15) is 0 Å². The highest BCUT2D eigenvalue weighted by Crippen LogP contribution is 2.29. The first-order chi connectivity index (χ1) is 20.8. The van der Waals surface area contributed by atoms with Crippen molar-refractivity contribution < 1.29 is 0 Å². The summed E-state index contributed by atoms with van der Waals surface area (Å²) in [6.45, 7) is 0. The minimum atomic E-state index is 0.652. The molecule has 2 aromatic heterocycles. The molecule has 0 unspecified atom stereocenters. The third-order valence-electron chi connectivity index (χ3n) is 7.24. The monoisotopic (exact) mass is 538 g/mol. The zero-order chi connectivity index (χ0) is 28.1. The van der Waals surface area contributed by atoms with Crippen LogP contribution in [0.1, 0.15) is 0 Å². The molecule has 198 valence electrons. The summed E-state index contributed by atoms with van der Waals surface area (Å²) >= 11 is 0. The Balaban J connectivity index is 1.15. The first kappa shape index (κ1) is 25.2. The Kier molecular flexibility index (Phi) is 6.85. The summed E-state index contributed by atoms with van der Waals surface area (Å²) in [7, 11) is 0. The van der Waals surface area contributed by atoms with Crippen LogP contribution in [0.5, 0.6) is 0 Å². The summed E-state index contributed by atoms with van der Waals surface area (Å²) in [5.74, 6) is 1.97. The highest BCUT2D eigenvalue weighted by Gasteiger charge is 2.12. The number of hydrogen-bond donors (Lipinski definition) is 0. The van der Waals surface area contributed by atoms with Crippen molar-refractivity contribution in [1.82, 2.24) is 19.9 Å². The van der Waals surface area contributed by atoms with Crippen LogP contribution in [0, 0.1) is 0 Å². The molecule has 4 nitrogen and oxygen atoms in total. The quantitative estimate of drug-likeness (QED) is 0.212. The van der Waals surface area contributed by atoms with Crippen LogP contribution in [0.4, 0.5) is 0 Å². The van der Waals surface area contributed by atoms with Crippen LogP contribution >= 0.6 is 0 Å². The number of benzene rings is 5. The predicted octanol–water partition coefficient (Wildman–Crippen LogP) is 9.27. The number of pyridine rings is 1. The molecule has 7 rings (SSSR count). The summed E-state index contributed by atoms with van der Waals surface area (Å²) in [5, 5.41) is 0. The van der Waals surface area contributed by atoms with Crippen LogP contribution < -0.4 is 0 Å². The molecule has 0 spiro atoms. The van der Waals surface area contributed by atoms with Crippen LogP contribution in [-0.2, 0) is 0 Å². The molecule has 0 radical (unpaired) electrons. The maximum Gasteiger partial charge on any atom is 0.164 e. The van der Waals surface area contributed by atoms with Gasteiger partial charge in [0.2, 0.25) is 0 Å². The molecule has 0 atom stereocenters. The van der Waals surface area contributed by atoms with E-state index in [1.54, 1.807) is 0 Å². The van der Waals surface area contributed by atoms with Gasteiger partial charge in [0.15, 0.2) is 17.5 Å². The molecule has 0 bridgehead atoms. The second-order valence-corrected chi connectivity index (χ2v) is 9.99. The van der Waals surface area contributed by atoms with Crippen LogP contribution in [0.3, 0.4) is 0 Å². The number of aromatic nitrogens is 4. The lowest BCUT2D eigenvalue weighted by molar-refractivity contribution is 1.07. The molecule has 0 saturated heterocycles. The lowest BCUT2D eigenvalue weighted by Gasteiger charge is -2.09. The fraction of sp³-hybridized carbons (Fsp3) is 0. The van der Waals surface area contributed by atoms with Crippen molar-refractivity contribution in [3.8, 4) is 67.7 Å². The SMILES string of the molecule is c1ccc(-c2nc(-c3ccccc3)nc(-c3ccc(-c4ccc(-c5ccc(-c6ccccn6)cc5)cc4)cc3)n2)cc1. The summed E-state index contributed by atoms with van der Waals surface area (Å²) in [5.41, 5.74) is 9.60. The van der Waals surface area contributed by atoms with E-state index >= 15 is 0 Å². The van der Waals surface area contributed by atoms with Gasteiger partial charge in [-0.25, -0.2) is 15.0 Å². The van der Waals surface area contributed by atoms with E-state index in [4.69, 9.17) is 15.0 Å². The van der Waals surface area contributed by atoms with Gasteiger partial charge in [-0.15, -0.1) is 0 Å². The molecule has 0 N–H and O–H groups in total. The van der Waals surface area contributed by atoms with Gasteiger partial charge in [-0.1, -0.05) is 140 Å². The second kappa shape index (κ2) is 11.4. The molecule has 7 aromatic rings. The van der Waals surface area contributed by atoms with E-state index in [2.05, 4.69) is 77.8 Å². The fourth-order valence-corrected chi connectivity index (χ4v) is 4.97. The molecule has 4 heteroatoms. The highest BCUT2D eigenvalue weighted by molar-refractivity contribution is 5.74. The van der Waals surface area contributed by atoms with Crippen molar-refractivity contribution in [3.05, 3.63) is 158 Å². The Hall–Kier alpha value is -5.74. The lowest BCUT2D eigenvalue weighted by Crippen LogP contribution is -2.00. The fourth-order valence-electron chi connectivity index (χ4n) is 4.97. The predicted molar refractivity (Wildman–Crippen MR) is 170 cm³/mol. The molecule has 0 aliphatic rings. The van der Waals surface area contributed by atoms with E-state index in [0.29, 0.717) is 17.5 Å². The van der Waals surface area contributed by atoms with Crippen molar-refractivity contribution in [2.45, 2.75) is 0 Å². The molecular weight excluding hydrogens is 512 g/mol. The summed E-state index contributed by atoms with van der Waals surface area (Å²) in [6.07, 6.45) is 1.82. The summed E-state index contributed by atoms with van der Waals surface area (Å²) in [4.78, 5) is 18.9. The third kappa shape index (κ3) is 5.34. The first-order valence-electron chi connectivity index (χ1n) is 13.9. The molecule has 42 heavy (non-hydrogen) atoms. The Bertz CT molecular complexity index is 1860. The average molecular weight is 539 g/mol. The third-order valence-corrected chi connectivity index (χ3v) is 7.24. The molecule has 0 saturated carbocycles. The standard InChI is InChI=1S/C38H26N4/c1-3-9-32(10-4-1)36-40-37(33-11-5-2-6-12-33)42-38(41-36)34-24-20-30(21-25-34)28-16-14-27(15-17-28)29-18-22-31(23-19-29)35-13-7-8-26-39-35/h1-26H. The molecule has 0 fully saturated rings. The zero-order valence-corrected chi connectivity index (χ0v) is 22.8. The van der Waals surface area contributed by atoms with Crippen molar-refractivity contribution in [2.75, 3.05) is 0 Å². The van der Waals surface area contributed by atoms with Gasteiger partial charge in [-0.3, -0.25) is 4.98 Å². The van der Waals surface area contributed by atoms with Gasteiger partial charge < -0.3 is 0 Å². The largest absolute Gasteiger partial charge is 0.256 e. The zero-order valence-electron chi connectivity index (χ0n) is 22.8. The van der Waals surface area contributed by atoms with Gasteiger partial charge in [0, 0.05) is 28.5 Å². The van der Waals surface area contributed by atoms with E-state index in [1.165, 1.54) is 11.1 Å². The van der Waals surface area contributed by atoms with E-state index < -0.39 is 0 Å². The van der Waals surface area contributed by atoms with E-state index in [0.717, 1.165) is 39.1 Å². The van der Waals surface area contributed by atoms with Gasteiger partial charge in [0.25, 0.3) is 0 Å². The van der Waals surface area contributed by atoms with Gasteiger partial charge in [0.1, 0.15) is 0 Å². The Labute approximate surface area is 245 Å². The summed E-state index contributed by atoms with van der Waals surface area (Å²) < 4.78 is 0. The topological polar surface area (TPSA) is 51.6 Å². The minimum absolute atomic E-state index is 0.652. The number of nitrogens with zero attached hydrogens (tertiary/aromatic N) is 4. The Morgan fingerprint density at radius 2 is 0.595 bits per heavy atom. The smallest absolute Gasteiger partial charge is 0.164 e. The van der Waals surface area contributed by atoms with E-state index in [1.807, 2.05) is 85.1 Å². The lowest BCUT2D eigenvalue weighted by atomic mass is 9.98. The minimum Gasteiger partial charge on any atom is -0.256 e. The van der Waals surface area contributed by atoms with Crippen molar-refractivity contribution in [1.29, 1.82) is 0 Å². The first-order valence-corrected chi connectivity index (χ1v) is 13.9. The van der Waals surface area contributed by atoms with E-state index in [-0.39, 0.29) is 0 Å². The van der Waals surface area contributed by atoms with Gasteiger partial charge in [0.05, 0.1) is 5.69 Å². The van der Waals surface area contributed by atoms with Crippen molar-refractivity contribution >= 4 is 0 Å². The van der Waals surface area contributed by atoms with Crippen molar-refractivity contribution in [2.24, 2.45) is 0 Å². The van der Waals surface area contributed by atoms with Gasteiger partial charge in [-0.05, 0) is 34.4 Å². The van der Waals surface area contributed by atoms with Crippen LogP contribution in [0.2, 0.25) is 0 Å². The average Bonchev–Trinajstić information content (AvgIpc) is 3.09. The molecule has 0 aliphatic carbocycles. The van der Waals surface area contributed by atoms with Crippen LogP contribution in [-0.4, -0.2) is 19.9 Å². The van der Waals surface area contributed by atoms with Crippen molar-refractivity contribution in [3.63, 3.8) is 0 Å². The molecular formula is C38H26N4. The van der Waals surface area contributed by atoms with E-state index in [9.17, 15) is 0 Å². The maximum absolute atomic E-state index is 4.85. The second-order valence-electron chi connectivity index (χ2n) is 9.99. The Morgan fingerprint density at radius 3 is 0.976 bits per heavy atom. The maximum atomic E-state index is 4.85. The molecule has 0 aliphatic heterocycles. The van der Waals surface area contributed by atoms with Crippen LogP contribution in [0.15, 0.2) is 158 Å². The molecule has 5 aromatic carbocycles. The normalized spacial score (nSPS) is 10.9. The molecule has 0 amide bonds. The molecule has 2 heterocycles. The number of hydrogen-bond acceptors (Lipinski definition) is 4. The van der Waals surface area contributed by atoms with Gasteiger partial charge >= 0.3 is 0 Å². The Morgan fingerprint density at radius 1 is 0.262 bits per heavy atom. The summed E-state index contributed by atoms with van der Waals surface area (Å²) in [6, 6.07) is 51.7. The highest BCUT2D eigenvalue weighted by atomic mass is 15.0. The van der Waals surface area contributed by atoms with Crippen LogP contribution in [0.25, 0.3) is 67.7 Å².